The first-order valence-electron chi connectivity index (χ1n) is 6.43. The maximum absolute atomic E-state index is 12.2. The molecule has 6 heteroatoms. The van der Waals surface area contributed by atoms with Gasteiger partial charge >= 0.3 is 0 Å². The van der Waals surface area contributed by atoms with E-state index in [1.165, 1.54) is 25.1 Å². The number of carbonyl (C=O) groups is 2. The molecule has 1 saturated carbocycles. The number of phenols is 1. The minimum atomic E-state index is -0.424. The summed E-state index contributed by atoms with van der Waals surface area (Å²) >= 11 is 0. The predicted molar refractivity (Wildman–Crippen MR) is 72.8 cm³/mol. The molecule has 0 bridgehead atoms. The number of amides is 2. The van der Waals surface area contributed by atoms with Gasteiger partial charge in [0.1, 0.15) is 0 Å². The third-order valence-corrected chi connectivity index (χ3v) is 3.12. The quantitative estimate of drug-likeness (QED) is 0.833. The number of para-hydroxylation sites is 1. The van der Waals surface area contributed by atoms with E-state index in [4.69, 9.17) is 4.74 Å². The van der Waals surface area contributed by atoms with Crippen molar-refractivity contribution in [2.75, 3.05) is 20.7 Å². The summed E-state index contributed by atoms with van der Waals surface area (Å²) in [5.41, 5.74) is 0.117. The van der Waals surface area contributed by atoms with Crippen molar-refractivity contribution in [1.29, 1.82) is 0 Å². The lowest BCUT2D eigenvalue weighted by Crippen LogP contribution is -2.39. The minimum Gasteiger partial charge on any atom is -0.504 e. The molecule has 2 N–H and O–H groups in total. The summed E-state index contributed by atoms with van der Waals surface area (Å²) in [7, 11) is 2.93. The highest BCUT2D eigenvalue weighted by Crippen LogP contribution is 2.30. The minimum absolute atomic E-state index is 0.0357. The Hall–Kier alpha value is -2.24. The highest BCUT2D eigenvalue weighted by molar-refractivity contribution is 5.99. The standard InChI is InChI=1S/C14H18N2O4/c1-16(8-12(17)15-9-6-7-9)14(19)10-4-3-5-11(20-2)13(10)18/h3-5,9,18H,6-8H2,1-2H3,(H,15,17). The number of hydrogen-bond acceptors (Lipinski definition) is 4. The molecule has 6 nitrogen and oxygen atoms in total. The first-order chi connectivity index (χ1) is 9.52. The molecule has 0 saturated heterocycles. The lowest BCUT2D eigenvalue weighted by Gasteiger charge is -2.18. The maximum atomic E-state index is 12.2. The van der Waals surface area contributed by atoms with Crippen molar-refractivity contribution < 1.29 is 19.4 Å². The maximum Gasteiger partial charge on any atom is 0.257 e. The van der Waals surface area contributed by atoms with Crippen molar-refractivity contribution in [2.24, 2.45) is 0 Å². The van der Waals surface area contributed by atoms with Gasteiger partial charge in [-0.1, -0.05) is 6.07 Å². The molecule has 1 fully saturated rings. The summed E-state index contributed by atoms with van der Waals surface area (Å²) in [4.78, 5) is 25.1. The van der Waals surface area contributed by atoms with Gasteiger partial charge in [-0.15, -0.1) is 0 Å². The Labute approximate surface area is 117 Å². The monoisotopic (exact) mass is 278 g/mol. The van der Waals surface area contributed by atoms with Crippen LogP contribution in [0, 0.1) is 0 Å². The molecule has 0 radical (unpaired) electrons. The van der Waals surface area contributed by atoms with E-state index in [9.17, 15) is 14.7 Å². The molecule has 1 aromatic carbocycles. The average molecular weight is 278 g/mol. The van der Waals surface area contributed by atoms with Crippen molar-refractivity contribution in [2.45, 2.75) is 18.9 Å². The number of ether oxygens (including phenoxy) is 1. The fourth-order valence-electron chi connectivity index (χ4n) is 1.85. The molecule has 2 rings (SSSR count). The van der Waals surface area contributed by atoms with Crippen LogP contribution in [0.15, 0.2) is 18.2 Å². The SMILES string of the molecule is COc1cccc(C(=O)N(C)CC(=O)NC2CC2)c1O. The molecule has 0 heterocycles. The molecule has 0 aromatic heterocycles. The van der Waals surface area contributed by atoms with Crippen LogP contribution in [0.3, 0.4) is 0 Å². The van der Waals surface area contributed by atoms with Crippen LogP contribution in [0.2, 0.25) is 0 Å². The summed E-state index contributed by atoms with van der Waals surface area (Å²) in [6, 6.07) is 4.93. The zero-order valence-electron chi connectivity index (χ0n) is 11.5. The second kappa shape index (κ2) is 5.81. The highest BCUT2D eigenvalue weighted by Gasteiger charge is 2.25. The Kier molecular flexibility index (Phi) is 4.12. The molecule has 0 spiro atoms. The summed E-state index contributed by atoms with van der Waals surface area (Å²) in [6.45, 7) is -0.0357. The van der Waals surface area contributed by atoms with E-state index >= 15 is 0 Å². The molecule has 1 aliphatic rings. The highest BCUT2D eigenvalue weighted by atomic mass is 16.5. The lowest BCUT2D eigenvalue weighted by atomic mass is 10.1. The predicted octanol–water partition coefficient (Wildman–Crippen LogP) is 0.751. The Morgan fingerprint density at radius 1 is 1.45 bits per heavy atom. The van der Waals surface area contributed by atoms with Crippen LogP contribution in [-0.4, -0.2) is 48.6 Å². The van der Waals surface area contributed by atoms with Gasteiger partial charge in [0.2, 0.25) is 5.91 Å². The summed E-state index contributed by atoms with van der Waals surface area (Å²) in [5, 5.41) is 12.7. The van der Waals surface area contributed by atoms with E-state index in [1.54, 1.807) is 12.1 Å². The molecule has 108 valence electrons. The van der Waals surface area contributed by atoms with Crippen LogP contribution in [0.25, 0.3) is 0 Å². The number of rotatable bonds is 5. The first-order valence-corrected chi connectivity index (χ1v) is 6.43. The number of carbonyl (C=O) groups excluding carboxylic acids is 2. The van der Waals surface area contributed by atoms with Crippen molar-refractivity contribution in [3.63, 3.8) is 0 Å². The number of nitrogens with zero attached hydrogens (tertiary/aromatic N) is 1. The van der Waals surface area contributed by atoms with Crippen LogP contribution >= 0.6 is 0 Å². The smallest absolute Gasteiger partial charge is 0.257 e. The van der Waals surface area contributed by atoms with Gasteiger partial charge in [0.15, 0.2) is 11.5 Å². The first kappa shape index (κ1) is 14.2. The second-order valence-electron chi connectivity index (χ2n) is 4.86. The largest absolute Gasteiger partial charge is 0.504 e. The van der Waals surface area contributed by atoms with Crippen molar-refractivity contribution in [3.8, 4) is 11.5 Å². The summed E-state index contributed by atoms with van der Waals surface area (Å²) < 4.78 is 4.96. The van der Waals surface area contributed by atoms with Gasteiger partial charge in [0.25, 0.3) is 5.91 Å². The number of benzene rings is 1. The zero-order valence-corrected chi connectivity index (χ0v) is 11.5. The van der Waals surface area contributed by atoms with Crippen molar-refractivity contribution in [1.82, 2.24) is 10.2 Å². The van der Waals surface area contributed by atoms with Gasteiger partial charge in [0, 0.05) is 13.1 Å². The van der Waals surface area contributed by atoms with Gasteiger partial charge in [-0.2, -0.15) is 0 Å². The van der Waals surface area contributed by atoms with Crippen LogP contribution < -0.4 is 10.1 Å². The normalized spacial score (nSPS) is 13.7. The van der Waals surface area contributed by atoms with Crippen LogP contribution in [0.1, 0.15) is 23.2 Å². The van der Waals surface area contributed by atoms with E-state index in [2.05, 4.69) is 5.32 Å². The molecule has 0 unspecified atom stereocenters. The van der Waals surface area contributed by atoms with Crippen LogP contribution in [-0.2, 0) is 4.79 Å². The van der Waals surface area contributed by atoms with Gasteiger partial charge in [0.05, 0.1) is 19.2 Å². The number of nitrogens with one attached hydrogen (secondary N) is 1. The summed E-state index contributed by atoms with van der Waals surface area (Å²) in [5.74, 6) is -0.598. The molecule has 2 amide bonds. The van der Waals surface area contributed by atoms with Crippen LogP contribution in [0.5, 0.6) is 11.5 Å². The lowest BCUT2D eigenvalue weighted by molar-refractivity contribution is -0.121. The number of phenolic OH excluding ortho intramolecular Hbond substituents is 1. The van der Waals surface area contributed by atoms with E-state index in [0.717, 1.165) is 12.8 Å². The van der Waals surface area contributed by atoms with Gasteiger partial charge < -0.3 is 20.1 Å². The zero-order chi connectivity index (χ0) is 14.7. The number of methoxy groups -OCH3 is 1. The van der Waals surface area contributed by atoms with Gasteiger partial charge in [-0.3, -0.25) is 9.59 Å². The average Bonchev–Trinajstić information content (AvgIpc) is 3.21. The fourth-order valence-corrected chi connectivity index (χ4v) is 1.85. The third-order valence-electron chi connectivity index (χ3n) is 3.12. The van der Waals surface area contributed by atoms with Crippen molar-refractivity contribution in [3.05, 3.63) is 23.8 Å². The number of likely N-dealkylation sites (N-methyl/N-ethyl adjacent to an activating group) is 1. The van der Waals surface area contributed by atoms with E-state index in [-0.39, 0.29) is 35.6 Å². The van der Waals surface area contributed by atoms with Crippen molar-refractivity contribution >= 4 is 11.8 Å². The van der Waals surface area contributed by atoms with Gasteiger partial charge in [-0.25, -0.2) is 0 Å². The Bertz CT molecular complexity index is 526. The van der Waals surface area contributed by atoms with Crippen LogP contribution in [0.4, 0.5) is 0 Å². The van der Waals surface area contributed by atoms with E-state index in [1.807, 2.05) is 0 Å². The number of aromatic hydroxyl groups is 1. The Morgan fingerprint density at radius 2 is 2.15 bits per heavy atom. The fraction of sp³-hybridized carbons (Fsp3) is 0.429. The Balaban J connectivity index is 2.03. The summed E-state index contributed by atoms with van der Waals surface area (Å²) in [6.07, 6.45) is 2.00. The third kappa shape index (κ3) is 3.20. The second-order valence-corrected chi connectivity index (χ2v) is 4.86. The van der Waals surface area contributed by atoms with Gasteiger partial charge in [-0.05, 0) is 25.0 Å². The Morgan fingerprint density at radius 3 is 2.75 bits per heavy atom. The molecular weight excluding hydrogens is 260 g/mol. The topological polar surface area (TPSA) is 78.9 Å². The van der Waals surface area contributed by atoms with E-state index < -0.39 is 5.91 Å². The van der Waals surface area contributed by atoms with E-state index in [0.29, 0.717) is 0 Å². The molecule has 20 heavy (non-hydrogen) atoms. The molecule has 1 aliphatic carbocycles. The molecular formula is C14H18N2O4. The molecule has 1 aromatic rings. The molecule has 0 aliphatic heterocycles. The molecule has 0 atom stereocenters. The number of hydrogen-bond donors (Lipinski definition) is 2.